The van der Waals surface area contributed by atoms with Crippen molar-refractivity contribution in [2.75, 3.05) is 7.11 Å². The van der Waals surface area contributed by atoms with Crippen LogP contribution in [0.5, 0.6) is 0 Å². The molecule has 0 bridgehead atoms. The van der Waals surface area contributed by atoms with Gasteiger partial charge < -0.3 is 9.84 Å². The van der Waals surface area contributed by atoms with Crippen LogP contribution in [0.4, 0.5) is 0 Å². The monoisotopic (exact) mass is 348 g/mol. The van der Waals surface area contributed by atoms with Gasteiger partial charge in [-0.05, 0) is 58.4 Å². The number of esters is 1. The number of allylic oxidation sites excluding steroid dienone is 1. The molecule has 3 nitrogen and oxygen atoms in total. The van der Waals surface area contributed by atoms with E-state index in [2.05, 4.69) is 13.5 Å². The quantitative estimate of drug-likeness (QED) is 0.520. The first-order chi connectivity index (χ1) is 11.5. The molecule has 0 radical (unpaired) electrons. The average molecular weight is 349 g/mol. The van der Waals surface area contributed by atoms with Gasteiger partial charge in [0.1, 0.15) is 0 Å². The standard InChI is InChI=1S/C12H16O2.C10H20O/c1-12(2,11(13)14-3)9-10-7-5-4-6-8-10;1-5-9(2)7-6-8-10(3,4)11/h4-8H,9H2,1-3H3;5,9,11H,1,6-8H2,2-4H3. The molecule has 142 valence electrons. The van der Waals surface area contributed by atoms with Gasteiger partial charge in [-0.3, -0.25) is 4.79 Å². The predicted molar refractivity (Wildman–Crippen MR) is 105 cm³/mol. The molecule has 0 aliphatic heterocycles. The largest absolute Gasteiger partial charge is 0.469 e. The number of aliphatic hydroxyl groups is 1. The van der Waals surface area contributed by atoms with Gasteiger partial charge in [-0.15, -0.1) is 6.58 Å². The first kappa shape index (κ1) is 23.4. The van der Waals surface area contributed by atoms with Crippen LogP contribution in [0.25, 0.3) is 0 Å². The second kappa shape index (κ2) is 11.1. The molecule has 25 heavy (non-hydrogen) atoms. The Hall–Kier alpha value is -1.61. The average Bonchev–Trinajstić information content (AvgIpc) is 2.53. The van der Waals surface area contributed by atoms with Gasteiger partial charge in [0.25, 0.3) is 0 Å². The molecule has 0 aromatic heterocycles. The maximum atomic E-state index is 11.4. The van der Waals surface area contributed by atoms with E-state index in [1.165, 1.54) is 7.11 Å². The highest BCUT2D eigenvalue weighted by atomic mass is 16.5. The van der Waals surface area contributed by atoms with E-state index >= 15 is 0 Å². The summed E-state index contributed by atoms with van der Waals surface area (Å²) < 4.78 is 4.75. The van der Waals surface area contributed by atoms with E-state index in [-0.39, 0.29) is 5.97 Å². The summed E-state index contributed by atoms with van der Waals surface area (Å²) in [6, 6.07) is 9.95. The normalized spacial score (nSPS) is 12.6. The number of methoxy groups -OCH3 is 1. The number of rotatable bonds is 8. The molecule has 1 unspecified atom stereocenters. The Morgan fingerprint density at radius 3 is 2.24 bits per heavy atom. The summed E-state index contributed by atoms with van der Waals surface area (Å²) in [6.07, 6.45) is 5.76. The number of hydrogen-bond donors (Lipinski definition) is 1. The maximum Gasteiger partial charge on any atom is 0.311 e. The van der Waals surface area contributed by atoms with Crippen LogP contribution < -0.4 is 0 Å². The zero-order chi connectivity index (χ0) is 19.5. The summed E-state index contributed by atoms with van der Waals surface area (Å²) in [5.74, 6) is 0.415. The van der Waals surface area contributed by atoms with E-state index in [4.69, 9.17) is 4.74 Å². The number of carbonyl (C=O) groups is 1. The SMILES string of the molecule is C=CC(C)CCCC(C)(C)O.COC(=O)C(C)(C)Cc1ccccc1. The van der Waals surface area contributed by atoms with Crippen molar-refractivity contribution in [2.24, 2.45) is 11.3 Å². The first-order valence-corrected chi connectivity index (χ1v) is 8.99. The smallest absolute Gasteiger partial charge is 0.311 e. The minimum absolute atomic E-state index is 0.165. The molecule has 0 saturated heterocycles. The molecule has 1 atom stereocenters. The number of ether oxygens (including phenoxy) is 1. The Kier molecular flexibility index (Phi) is 10.4. The van der Waals surface area contributed by atoms with Gasteiger partial charge in [0.2, 0.25) is 0 Å². The van der Waals surface area contributed by atoms with E-state index in [0.717, 1.165) is 24.8 Å². The zero-order valence-corrected chi connectivity index (χ0v) is 16.8. The first-order valence-electron chi connectivity index (χ1n) is 8.99. The molecule has 1 aromatic rings. The topological polar surface area (TPSA) is 46.5 Å². The highest BCUT2D eigenvalue weighted by molar-refractivity contribution is 5.76. The lowest BCUT2D eigenvalue weighted by Gasteiger charge is -2.21. The fourth-order valence-corrected chi connectivity index (χ4v) is 2.43. The van der Waals surface area contributed by atoms with Crippen molar-refractivity contribution in [3.05, 3.63) is 48.6 Å². The maximum absolute atomic E-state index is 11.4. The fraction of sp³-hybridized carbons (Fsp3) is 0.591. The summed E-state index contributed by atoms with van der Waals surface area (Å²) in [7, 11) is 1.43. The Morgan fingerprint density at radius 2 is 1.80 bits per heavy atom. The van der Waals surface area contributed by atoms with Crippen LogP contribution in [-0.2, 0) is 16.0 Å². The number of hydrogen-bond acceptors (Lipinski definition) is 3. The third-order valence-electron chi connectivity index (χ3n) is 4.08. The molecule has 0 spiro atoms. The van der Waals surface area contributed by atoms with Gasteiger partial charge >= 0.3 is 5.97 Å². The van der Waals surface area contributed by atoms with Crippen molar-refractivity contribution >= 4 is 5.97 Å². The van der Waals surface area contributed by atoms with Crippen LogP contribution in [-0.4, -0.2) is 23.8 Å². The molecule has 0 aliphatic rings. The second-order valence-electron chi connectivity index (χ2n) is 7.96. The molecule has 1 aromatic carbocycles. The molecule has 0 heterocycles. The van der Waals surface area contributed by atoms with Gasteiger partial charge in [-0.2, -0.15) is 0 Å². The third-order valence-corrected chi connectivity index (χ3v) is 4.08. The van der Waals surface area contributed by atoms with E-state index in [1.54, 1.807) is 0 Å². The van der Waals surface area contributed by atoms with Crippen molar-refractivity contribution in [1.29, 1.82) is 0 Å². The lowest BCUT2D eigenvalue weighted by atomic mass is 9.86. The summed E-state index contributed by atoms with van der Waals surface area (Å²) >= 11 is 0. The van der Waals surface area contributed by atoms with Gasteiger partial charge in [0.05, 0.1) is 18.1 Å². The number of carbonyl (C=O) groups excluding carboxylic acids is 1. The Balaban J connectivity index is 0.000000477. The van der Waals surface area contributed by atoms with Gasteiger partial charge in [-0.1, -0.05) is 49.8 Å². The highest BCUT2D eigenvalue weighted by Gasteiger charge is 2.28. The van der Waals surface area contributed by atoms with Crippen LogP contribution in [0.2, 0.25) is 0 Å². The van der Waals surface area contributed by atoms with Crippen LogP contribution in [0, 0.1) is 11.3 Å². The van der Waals surface area contributed by atoms with Crippen LogP contribution in [0.15, 0.2) is 43.0 Å². The van der Waals surface area contributed by atoms with E-state index in [0.29, 0.717) is 12.3 Å². The van der Waals surface area contributed by atoms with Crippen LogP contribution in [0.1, 0.15) is 59.4 Å². The molecule has 0 saturated carbocycles. The molecule has 0 amide bonds. The predicted octanol–water partition coefficient (Wildman–Crippen LogP) is 5.18. The van der Waals surface area contributed by atoms with Crippen molar-refractivity contribution in [1.82, 2.24) is 0 Å². The molecule has 3 heteroatoms. The van der Waals surface area contributed by atoms with Gasteiger partial charge in [0, 0.05) is 0 Å². The van der Waals surface area contributed by atoms with Crippen LogP contribution in [0.3, 0.4) is 0 Å². The molecule has 0 fully saturated rings. The summed E-state index contributed by atoms with van der Waals surface area (Å²) in [5.41, 5.74) is 0.208. The third kappa shape index (κ3) is 11.5. The number of benzene rings is 1. The van der Waals surface area contributed by atoms with Crippen molar-refractivity contribution < 1.29 is 14.6 Å². The van der Waals surface area contributed by atoms with Crippen molar-refractivity contribution in [2.45, 2.75) is 65.9 Å². The van der Waals surface area contributed by atoms with Gasteiger partial charge in [0.15, 0.2) is 0 Å². The molecular weight excluding hydrogens is 312 g/mol. The second-order valence-corrected chi connectivity index (χ2v) is 7.96. The summed E-state index contributed by atoms with van der Waals surface area (Å²) in [6.45, 7) is 13.4. The minimum atomic E-state index is -0.499. The zero-order valence-electron chi connectivity index (χ0n) is 16.8. The lowest BCUT2D eigenvalue weighted by Crippen LogP contribution is -2.27. The summed E-state index contributed by atoms with van der Waals surface area (Å²) in [5, 5.41) is 9.38. The van der Waals surface area contributed by atoms with E-state index in [1.807, 2.05) is 64.1 Å². The van der Waals surface area contributed by atoms with E-state index < -0.39 is 11.0 Å². The van der Waals surface area contributed by atoms with Crippen LogP contribution >= 0.6 is 0 Å². The summed E-state index contributed by atoms with van der Waals surface area (Å²) in [4.78, 5) is 11.4. The molecule has 0 aliphatic carbocycles. The molecular formula is C22H36O3. The minimum Gasteiger partial charge on any atom is -0.469 e. The van der Waals surface area contributed by atoms with Crippen molar-refractivity contribution in [3.63, 3.8) is 0 Å². The molecule has 1 rings (SSSR count). The van der Waals surface area contributed by atoms with Crippen molar-refractivity contribution in [3.8, 4) is 0 Å². The lowest BCUT2D eigenvalue weighted by molar-refractivity contribution is -0.150. The molecule has 1 N–H and O–H groups in total. The van der Waals surface area contributed by atoms with Gasteiger partial charge in [-0.25, -0.2) is 0 Å². The Morgan fingerprint density at radius 1 is 1.24 bits per heavy atom. The Bertz CT molecular complexity index is 498. The fourth-order valence-electron chi connectivity index (χ4n) is 2.43. The highest BCUT2D eigenvalue weighted by Crippen LogP contribution is 2.23. The van der Waals surface area contributed by atoms with E-state index in [9.17, 15) is 9.90 Å². The Labute approximate surface area is 154 Å².